The van der Waals surface area contributed by atoms with Crippen molar-refractivity contribution in [2.75, 3.05) is 6.61 Å². The average molecular weight is 349 g/mol. The van der Waals surface area contributed by atoms with Gasteiger partial charge in [-0.1, -0.05) is 25.1 Å². The average Bonchev–Trinajstić information content (AvgIpc) is 3.17. The summed E-state index contributed by atoms with van der Waals surface area (Å²) < 4.78 is 5.74. The van der Waals surface area contributed by atoms with Crippen molar-refractivity contribution in [2.24, 2.45) is 5.10 Å². The highest BCUT2D eigenvalue weighted by molar-refractivity contribution is 5.94. The molecular formula is C19H19N5O2. The van der Waals surface area contributed by atoms with Gasteiger partial charge in [-0.05, 0) is 36.8 Å². The van der Waals surface area contributed by atoms with E-state index < -0.39 is 0 Å². The standard InChI is InChI=1S/C19H19N5O2/c1-2-11-26-18-9-4-3-8-15(18)16-12-17(23-22-16)19(25)24-21-13-14-7-5-6-10-20-14/h3-10,12-13H,2,11H2,1H3,(H,22,23)(H,24,25)/b21-13-. The van der Waals surface area contributed by atoms with Gasteiger partial charge in [0.15, 0.2) is 0 Å². The first-order valence-electron chi connectivity index (χ1n) is 8.30. The highest BCUT2D eigenvalue weighted by Gasteiger charge is 2.13. The van der Waals surface area contributed by atoms with Gasteiger partial charge in [-0.3, -0.25) is 14.9 Å². The maximum absolute atomic E-state index is 12.2. The second-order valence-corrected chi connectivity index (χ2v) is 5.47. The number of nitrogens with zero attached hydrogens (tertiary/aromatic N) is 3. The molecular weight excluding hydrogens is 330 g/mol. The number of hydrogen-bond donors (Lipinski definition) is 2. The molecule has 0 aliphatic carbocycles. The number of carbonyl (C=O) groups excluding carboxylic acids is 1. The first-order chi connectivity index (χ1) is 12.8. The van der Waals surface area contributed by atoms with Crippen molar-refractivity contribution in [1.82, 2.24) is 20.6 Å². The molecule has 132 valence electrons. The van der Waals surface area contributed by atoms with E-state index in [1.54, 1.807) is 18.3 Å². The van der Waals surface area contributed by atoms with Crippen molar-refractivity contribution < 1.29 is 9.53 Å². The van der Waals surface area contributed by atoms with E-state index in [4.69, 9.17) is 4.74 Å². The summed E-state index contributed by atoms with van der Waals surface area (Å²) in [5.41, 5.74) is 4.87. The predicted octanol–water partition coefficient (Wildman–Crippen LogP) is 3.02. The van der Waals surface area contributed by atoms with Gasteiger partial charge in [0.2, 0.25) is 0 Å². The third-order valence-corrected chi connectivity index (χ3v) is 3.50. The Bertz CT molecular complexity index is 890. The zero-order valence-corrected chi connectivity index (χ0v) is 14.3. The van der Waals surface area contributed by atoms with Crippen LogP contribution < -0.4 is 10.2 Å². The van der Waals surface area contributed by atoms with Crippen LogP contribution in [0.1, 0.15) is 29.5 Å². The van der Waals surface area contributed by atoms with Crippen LogP contribution in [0.25, 0.3) is 11.3 Å². The smallest absolute Gasteiger partial charge is 0.289 e. The van der Waals surface area contributed by atoms with Gasteiger partial charge in [-0.2, -0.15) is 10.2 Å². The summed E-state index contributed by atoms with van der Waals surface area (Å²) >= 11 is 0. The lowest BCUT2D eigenvalue weighted by Crippen LogP contribution is -2.18. The van der Waals surface area contributed by atoms with Crippen LogP contribution in [0.5, 0.6) is 5.75 Å². The first kappa shape index (κ1) is 17.3. The van der Waals surface area contributed by atoms with E-state index in [0.29, 0.717) is 23.7 Å². The number of para-hydroxylation sites is 1. The molecule has 26 heavy (non-hydrogen) atoms. The quantitative estimate of drug-likeness (QED) is 0.506. The molecule has 7 nitrogen and oxygen atoms in total. The Morgan fingerprint density at radius 2 is 2.12 bits per heavy atom. The number of ether oxygens (including phenoxy) is 1. The number of aromatic nitrogens is 3. The summed E-state index contributed by atoms with van der Waals surface area (Å²) in [6.07, 6.45) is 4.04. The number of amides is 1. The fourth-order valence-corrected chi connectivity index (χ4v) is 2.26. The normalized spacial score (nSPS) is 10.8. The molecule has 2 aromatic heterocycles. The van der Waals surface area contributed by atoms with Gasteiger partial charge in [-0.25, -0.2) is 5.43 Å². The van der Waals surface area contributed by atoms with Gasteiger partial charge in [0.25, 0.3) is 5.91 Å². The fraction of sp³-hybridized carbons (Fsp3) is 0.158. The summed E-state index contributed by atoms with van der Waals surface area (Å²) in [6.45, 7) is 2.67. The SMILES string of the molecule is CCCOc1ccccc1-c1cc(C(=O)N/N=C\c2ccccn2)[nH]n1. The second-order valence-electron chi connectivity index (χ2n) is 5.47. The van der Waals surface area contributed by atoms with Crippen LogP contribution in [0, 0.1) is 0 Å². The van der Waals surface area contributed by atoms with E-state index in [2.05, 4.69) is 25.7 Å². The van der Waals surface area contributed by atoms with Crippen LogP contribution >= 0.6 is 0 Å². The van der Waals surface area contributed by atoms with Crippen LogP contribution in [0.4, 0.5) is 0 Å². The monoisotopic (exact) mass is 349 g/mol. The van der Waals surface area contributed by atoms with E-state index in [1.165, 1.54) is 6.21 Å². The molecule has 0 bridgehead atoms. The summed E-state index contributed by atoms with van der Waals surface area (Å²) in [6, 6.07) is 14.7. The van der Waals surface area contributed by atoms with E-state index in [1.807, 2.05) is 43.3 Å². The Morgan fingerprint density at radius 1 is 1.27 bits per heavy atom. The van der Waals surface area contributed by atoms with Crippen LogP contribution in [0.3, 0.4) is 0 Å². The molecule has 3 rings (SSSR count). The highest BCUT2D eigenvalue weighted by atomic mass is 16.5. The number of benzene rings is 1. The number of H-pyrrole nitrogens is 1. The molecule has 0 radical (unpaired) electrons. The number of nitrogens with one attached hydrogen (secondary N) is 2. The molecule has 0 aliphatic rings. The molecule has 0 aliphatic heterocycles. The maximum atomic E-state index is 12.2. The third kappa shape index (κ3) is 4.32. The number of carbonyl (C=O) groups is 1. The predicted molar refractivity (Wildman–Crippen MR) is 99.1 cm³/mol. The summed E-state index contributed by atoms with van der Waals surface area (Å²) in [5, 5.41) is 10.8. The lowest BCUT2D eigenvalue weighted by molar-refractivity contribution is 0.0950. The number of rotatable bonds is 7. The van der Waals surface area contributed by atoms with E-state index in [-0.39, 0.29) is 5.91 Å². The lowest BCUT2D eigenvalue weighted by atomic mass is 10.1. The van der Waals surface area contributed by atoms with Gasteiger partial charge in [0.1, 0.15) is 11.4 Å². The van der Waals surface area contributed by atoms with E-state index in [0.717, 1.165) is 17.7 Å². The Kier molecular flexibility index (Phi) is 5.72. The van der Waals surface area contributed by atoms with E-state index >= 15 is 0 Å². The van der Waals surface area contributed by atoms with Gasteiger partial charge in [0, 0.05) is 11.8 Å². The molecule has 1 aromatic carbocycles. The Labute approximate surface area is 151 Å². The fourth-order valence-electron chi connectivity index (χ4n) is 2.26. The minimum Gasteiger partial charge on any atom is -0.493 e. The molecule has 0 spiro atoms. The number of hydrazone groups is 1. The molecule has 0 saturated carbocycles. The van der Waals surface area contributed by atoms with Gasteiger partial charge < -0.3 is 4.74 Å². The zero-order valence-electron chi connectivity index (χ0n) is 14.3. The Morgan fingerprint density at radius 3 is 2.92 bits per heavy atom. The number of hydrogen-bond acceptors (Lipinski definition) is 5. The Hall–Kier alpha value is -3.48. The summed E-state index contributed by atoms with van der Waals surface area (Å²) in [5.74, 6) is 0.351. The molecule has 0 saturated heterocycles. The van der Waals surface area contributed by atoms with Crippen molar-refractivity contribution in [3.05, 3.63) is 66.1 Å². The van der Waals surface area contributed by atoms with Crippen molar-refractivity contribution in [3.8, 4) is 17.0 Å². The minimum absolute atomic E-state index is 0.309. The summed E-state index contributed by atoms with van der Waals surface area (Å²) in [4.78, 5) is 16.3. The molecule has 1 amide bonds. The summed E-state index contributed by atoms with van der Waals surface area (Å²) in [7, 11) is 0. The highest BCUT2D eigenvalue weighted by Crippen LogP contribution is 2.28. The zero-order chi connectivity index (χ0) is 18.2. The second kappa shape index (κ2) is 8.57. The van der Waals surface area contributed by atoms with Crippen LogP contribution in [-0.2, 0) is 0 Å². The third-order valence-electron chi connectivity index (χ3n) is 3.50. The van der Waals surface area contributed by atoms with Crippen molar-refractivity contribution in [1.29, 1.82) is 0 Å². The van der Waals surface area contributed by atoms with Crippen LogP contribution in [0.2, 0.25) is 0 Å². The largest absolute Gasteiger partial charge is 0.493 e. The van der Waals surface area contributed by atoms with Gasteiger partial charge in [-0.15, -0.1) is 0 Å². The van der Waals surface area contributed by atoms with Gasteiger partial charge in [0.05, 0.1) is 24.2 Å². The minimum atomic E-state index is -0.386. The van der Waals surface area contributed by atoms with Crippen molar-refractivity contribution >= 4 is 12.1 Å². The molecule has 0 unspecified atom stereocenters. The first-order valence-corrected chi connectivity index (χ1v) is 8.30. The molecule has 0 atom stereocenters. The lowest BCUT2D eigenvalue weighted by Gasteiger charge is -2.08. The molecule has 7 heteroatoms. The Balaban J connectivity index is 1.70. The molecule has 0 fully saturated rings. The molecule has 2 heterocycles. The van der Waals surface area contributed by atoms with E-state index in [9.17, 15) is 4.79 Å². The topological polar surface area (TPSA) is 92.3 Å². The number of aromatic amines is 1. The van der Waals surface area contributed by atoms with Crippen LogP contribution in [-0.4, -0.2) is 33.9 Å². The maximum Gasteiger partial charge on any atom is 0.289 e. The number of pyridine rings is 1. The van der Waals surface area contributed by atoms with Crippen LogP contribution in [0.15, 0.2) is 59.8 Å². The van der Waals surface area contributed by atoms with Crippen molar-refractivity contribution in [3.63, 3.8) is 0 Å². The van der Waals surface area contributed by atoms with Crippen molar-refractivity contribution in [2.45, 2.75) is 13.3 Å². The van der Waals surface area contributed by atoms with Gasteiger partial charge >= 0.3 is 0 Å². The molecule has 3 aromatic rings. The molecule has 2 N–H and O–H groups in total.